The molecule has 0 spiro atoms. The first kappa shape index (κ1) is 11.7. The third kappa shape index (κ3) is 2.72. The zero-order valence-corrected chi connectivity index (χ0v) is 11.4. The molecular formula is C14H22N2S. The molecular weight excluding hydrogens is 228 g/mol. The fourth-order valence-electron chi connectivity index (χ4n) is 3.01. The standard InChI is InChI=1S/C14H22N2S/c1-14(13-2-3-13)11-16(8-6-15-14)7-4-12-5-9-17-10-12/h5,9-10,13,15H,2-4,6-8,11H2,1H3. The van der Waals surface area contributed by atoms with E-state index in [0.717, 1.165) is 12.5 Å². The number of piperazine rings is 1. The number of hydrogen-bond donors (Lipinski definition) is 1. The Labute approximate surface area is 108 Å². The van der Waals surface area contributed by atoms with Gasteiger partial charge >= 0.3 is 0 Å². The quantitative estimate of drug-likeness (QED) is 0.882. The lowest BCUT2D eigenvalue weighted by molar-refractivity contribution is 0.128. The van der Waals surface area contributed by atoms with Crippen LogP contribution in [0.5, 0.6) is 0 Å². The van der Waals surface area contributed by atoms with Crippen LogP contribution in [0.3, 0.4) is 0 Å². The maximum Gasteiger partial charge on any atom is 0.0309 e. The highest BCUT2D eigenvalue weighted by Gasteiger charge is 2.43. The third-order valence-corrected chi connectivity index (χ3v) is 5.02. The molecule has 2 fully saturated rings. The summed E-state index contributed by atoms with van der Waals surface area (Å²) in [6, 6.07) is 2.26. The summed E-state index contributed by atoms with van der Waals surface area (Å²) in [5, 5.41) is 8.20. The Hall–Kier alpha value is -0.380. The van der Waals surface area contributed by atoms with E-state index in [4.69, 9.17) is 0 Å². The van der Waals surface area contributed by atoms with Crippen LogP contribution in [0.4, 0.5) is 0 Å². The summed E-state index contributed by atoms with van der Waals surface area (Å²) in [7, 11) is 0. The first-order chi connectivity index (χ1) is 8.26. The maximum absolute atomic E-state index is 3.74. The second-order valence-corrected chi connectivity index (χ2v) is 6.56. The van der Waals surface area contributed by atoms with E-state index in [1.54, 1.807) is 0 Å². The minimum atomic E-state index is 0.396. The van der Waals surface area contributed by atoms with E-state index in [2.05, 4.69) is 34.0 Å². The van der Waals surface area contributed by atoms with Crippen LogP contribution in [0.1, 0.15) is 25.3 Å². The maximum atomic E-state index is 3.74. The van der Waals surface area contributed by atoms with Gasteiger partial charge in [0.2, 0.25) is 0 Å². The Morgan fingerprint density at radius 3 is 3.12 bits per heavy atom. The monoisotopic (exact) mass is 250 g/mol. The average molecular weight is 250 g/mol. The number of thiophene rings is 1. The third-order valence-electron chi connectivity index (χ3n) is 4.28. The molecule has 1 aromatic rings. The molecule has 94 valence electrons. The van der Waals surface area contributed by atoms with Gasteiger partial charge in [0.25, 0.3) is 0 Å². The highest BCUT2D eigenvalue weighted by molar-refractivity contribution is 7.07. The molecule has 0 aromatic carbocycles. The Bertz CT molecular complexity index is 358. The van der Waals surface area contributed by atoms with E-state index in [1.807, 2.05) is 11.3 Å². The molecule has 3 heteroatoms. The summed E-state index contributed by atoms with van der Waals surface area (Å²) in [4.78, 5) is 2.65. The van der Waals surface area contributed by atoms with Gasteiger partial charge in [-0.3, -0.25) is 4.90 Å². The van der Waals surface area contributed by atoms with Gasteiger partial charge in [-0.15, -0.1) is 0 Å². The molecule has 1 unspecified atom stereocenters. The van der Waals surface area contributed by atoms with E-state index in [-0.39, 0.29) is 0 Å². The smallest absolute Gasteiger partial charge is 0.0309 e. The highest BCUT2D eigenvalue weighted by atomic mass is 32.1. The second-order valence-electron chi connectivity index (χ2n) is 5.78. The first-order valence-corrected chi connectivity index (χ1v) is 7.69. The summed E-state index contributed by atoms with van der Waals surface area (Å²) in [5.41, 5.74) is 1.90. The summed E-state index contributed by atoms with van der Waals surface area (Å²) < 4.78 is 0. The number of rotatable bonds is 4. The van der Waals surface area contributed by atoms with Crippen molar-refractivity contribution in [3.05, 3.63) is 22.4 Å². The normalized spacial score (nSPS) is 30.6. The summed E-state index contributed by atoms with van der Waals surface area (Å²) in [5.74, 6) is 0.937. The van der Waals surface area contributed by atoms with Gasteiger partial charge in [-0.05, 0) is 54.5 Å². The van der Waals surface area contributed by atoms with Crippen molar-refractivity contribution in [3.63, 3.8) is 0 Å². The number of nitrogens with zero attached hydrogens (tertiary/aromatic N) is 1. The predicted molar refractivity (Wildman–Crippen MR) is 73.6 cm³/mol. The second kappa shape index (κ2) is 4.71. The lowest BCUT2D eigenvalue weighted by atomic mass is 9.93. The first-order valence-electron chi connectivity index (χ1n) is 6.75. The zero-order valence-electron chi connectivity index (χ0n) is 10.6. The Balaban J connectivity index is 1.53. The van der Waals surface area contributed by atoms with E-state index in [1.165, 1.54) is 44.5 Å². The fraction of sp³-hybridized carbons (Fsp3) is 0.714. The Morgan fingerprint density at radius 2 is 2.41 bits per heavy atom. The van der Waals surface area contributed by atoms with Crippen LogP contribution in [0, 0.1) is 5.92 Å². The van der Waals surface area contributed by atoms with Crippen molar-refractivity contribution in [2.45, 2.75) is 31.7 Å². The molecule has 0 radical (unpaired) electrons. The lowest BCUT2D eigenvalue weighted by Crippen LogP contribution is -2.60. The van der Waals surface area contributed by atoms with Crippen LogP contribution in [-0.4, -0.2) is 36.6 Å². The predicted octanol–water partition coefficient (Wildman–Crippen LogP) is 2.36. The van der Waals surface area contributed by atoms with Crippen molar-refractivity contribution >= 4 is 11.3 Å². The average Bonchev–Trinajstić information content (AvgIpc) is 3.06. The molecule has 1 atom stereocenters. The van der Waals surface area contributed by atoms with Crippen LogP contribution in [0.25, 0.3) is 0 Å². The van der Waals surface area contributed by atoms with Gasteiger partial charge in [-0.2, -0.15) is 11.3 Å². The molecule has 1 aliphatic carbocycles. The minimum absolute atomic E-state index is 0.396. The summed E-state index contributed by atoms with van der Waals surface area (Å²) in [6.45, 7) is 7.26. The van der Waals surface area contributed by atoms with E-state index < -0.39 is 0 Å². The molecule has 1 saturated carbocycles. The SMILES string of the molecule is CC1(C2CC2)CN(CCc2ccsc2)CCN1. The van der Waals surface area contributed by atoms with Gasteiger partial charge in [-0.1, -0.05) is 0 Å². The van der Waals surface area contributed by atoms with Crippen LogP contribution in [-0.2, 0) is 6.42 Å². The highest BCUT2D eigenvalue weighted by Crippen LogP contribution is 2.40. The van der Waals surface area contributed by atoms with E-state index in [9.17, 15) is 0 Å². The molecule has 17 heavy (non-hydrogen) atoms. The summed E-state index contributed by atoms with van der Waals surface area (Å²) >= 11 is 1.81. The Kier molecular flexibility index (Phi) is 3.24. The topological polar surface area (TPSA) is 15.3 Å². The molecule has 1 aliphatic heterocycles. The molecule has 2 aliphatic rings. The van der Waals surface area contributed by atoms with Crippen molar-refractivity contribution in [2.75, 3.05) is 26.2 Å². The van der Waals surface area contributed by atoms with Crippen molar-refractivity contribution < 1.29 is 0 Å². The largest absolute Gasteiger partial charge is 0.309 e. The van der Waals surface area contributed by atoms with Crippen LogP contribution < -0.4 is 5.32 Å². The number of hydrogen-bond acceptors (Lipinski definition) is 3. The van der Waals surface area contributed by atoms with Crippen molar-refractivity contribution in [3.8, 4) is 0 Å². The Morgan fingerprint density at radius 1 is 1.53 bits per heavy atom. The van der Waals surface area contributed by atoms with Crippen molar-refractivity contribution in [1.29, 1.82) is 0 Å². The minimum Gasteiger partial charge on any atom is -0.309 e. The fourth-order valence-corrected chi connectivity index (χ4v) is 3.71. The molecule has 0 bridgehead atoms. The molecule has 1 N–H and O–H groups in total. The van der Waals surface area contributed by atoms with Crippen LogP contribution >= 0.6 is 11.3 Å². The zero-order chi connectivity index (χ0) is 11.7. The van der Waals surface area contributed by atoms with Crippen LogP contribution in [0.15, 0.2) is 16.8 Å². The van der Waals surface area contributed by atoms with Crippen molar-refractivity contribution in [2.24, 2.45) is 5.92 Å². The van der Waals surface area contributed by atoms with E-state index >= 15 is 0 Å². The molecule has 2 nitrogen and oxygen atoms in total. The van der Waals surface area contributed by atoms with Gasteiger partial charge in [-0.25, -0.2) is 0 Å². The van der Waals surface area contributed by atoms with Gasteiger partial charge in [0, 0.05) is 31.7 Å². The van der Waals surface area contributed by atoms with Gasteiger partial charge in [0.05, 0.1) is 0 Å². The molecule has 3 rings (SSSR count). The van der Waals surface area contributed by atoms with Gasteiger partial charge in [0.1, 0.15) is 0 Å². The van der Waals surface area contributed by atoms with Gasteiger partial charge < -0.3 is 5.32 Å². The van der Waals surface area contributed by atoms with Crippen LogP contribution in [0.2, 0.25) is 0 Å². The van der Waals surface area contributed by atoms with E-state index in [0.29, 0.717) is 5.54 Å². The summed E-state index contributed by atoms with van der Waals surface area (Å²) in [6.07, 6.45) is 4.08. The number of nitrogens with one attached hydrogen (secondary N) is 1. The molecule has 0 amide bonds. The van der Waals surface area contributed by atoms with Gasteiger partial charge in [0.15, 0.2) is 0 Å². The lowest BCUT2D eigenvalue weighted by Gasteiger charge is -2.42. The van der Waals surface area contributed by atoms with Crippen molar-refractivity contribution in [1.82, 2.24) is 10.2 Å². The molecule has 2 heterocycles. The molecule has 1 aromatic heterocycles. The molecule has 1 saturated heterocycles.